The maximum absolute atomic E-state index is 4.83. The van der Waals surface area contributed by atoms with Crippen molar-refractivity contribution < 1.29 is 0 Å². The topological polar surface area (TPSA) is 41.1 Å². The molecule has 0 aliphatic heterocycles. The average Bonchev–Trinajstić information content (AvgIpc) is 3.22. The Morgan fingerprint density at radius 1 is 1.32 bits per heavy atom. The summed E-state index contributed by atoms with van der Waals surface area (Å²) in [7, 11) is 4.07. The fourth-order valence-corrected chi connectivity index (χ4v) is 2.14. The van der Waals surface area contributed by atoms with Crippen LogP contribution in [-0.2, 0) is 0 Å². The Morgan fingerprint density at radius 2 is 1.95 bits per heavy atom. The summed E-state index contributed by atoms with van der Waals surface area (Å²) in [6.07, 6.45) is 3.54. The number of nitrogens with one attached hydrogen (secondary N) is 1. The normalized spacial score (nSPS) is 15.5. The van der Waals surface area contributed by atoms with E-state index in [1.165, 1.54) is 12.8 Å². The van der Waals surface area contributed by atoms with Crippen molar-refractivity contribution in [3.63, 3.8) is 0 Å². The number of anilines is 2. The van der Waals surface area contributed by atoms with Gasteiger partial charge in [-0.25, -0.2) is 9.97 Å². The summed E-state index contributed by atoms with van der Waals surface area (Å²) >= 11 is 0. The predicted molar refractivity (Wildman–Crippen MR) is 81.1 cm³/mol. The molecule has 106 valence electrons. The lowest BCUT2D eigenvalue weighted by atomic mass is 9.99. The SMILES string of the molecule is CCC(C)(C)N(C)c1nc(C2CC2)nc(NC)c1C. The van der Waals surface area contributed by atoms with Gasteiger partial charge in [-0.15, -0.1) is 0 Å². The van der Waals surface area contributed by atoms with E-state index in [-0.39, 0.29) is 5.54 Å². The van der Waals surface area contributed by atoms with Crippen molar-refractivity contribution in [2.75, 3.05) is 24.3 Å². The van der Waals surface area contributed by atoms with Gasteiger partial charge in [0.05, 0.1) is 0 Å². The lowest BCUT2D eigenvalue weighted by Crippen LogP contribution is -2.41. The van der Waals surface area contributed by atoms with Crippen LogP contribution in [0.25, 0.3) is 0 Å². The van der Waals surface area contributed by atoms with Gasteiger partial charge < -0.3 is 10.2 Å². The first kappa shape index (κ1) is 14.1. The minimum atomic E-state index is 0.102. The molecular weight excluding hydrogens is 236 g/mol. The third kappa shape index (κ3) is 2.67. The molecule has 4 heteroatoms. The Morgan fingerprint density at radius 3 is 2.42 bits per heavy atom. The van der Waals surface area contributed by atoms with Crippen LogP contribution in [0.2, 0.25) is 0 Å². The molecule has 0 atom stereocenters. The summed E-state index contributed by atoms with van der Waals surface area (Å²) < 4.78 is 0. The molecule has 1 fully saturated rings. The molecule has 1 heterocycles. The first-order valence-electron chi connectivity index (χ1n) is 7.20. The molecule has 1 aromatic heterocycles. The first-order valence-corrected chi connectivity index (χ1v) is 7.20. The summed E-state index contributed by atoms with van der Waals surface area (Å²) in [6, 6.07) is 0. The van der Waals surface area contributed by atoms with Gasteiger partial charge in [-0.3, -0.25) is 0 Å². The second-order valence-corrected chi connectivity index (χ2v) is 6.13. The van der Waals surface area contributed by atoms with Crippen molar-refractivity contribution in [1.29, 1.82) is 0 Å². The summed E-state index contributed by atoms with van der Waals surface area (Å²) in [5, 5.41) is 3.21. The zero-order chi connectivity index (χ0) is 14.2. The van der Waals surface area contributed by atoms with E-state index in [1.807, 2.05) is 7.05 Å². The molecule has 1 N–H and O–H groups in total. The van der Waals surface area contributed by atoms with Crippen LogP contribution in [0.1, 0.15) is 57.3 Å². The Kier molecular flexibility index (Phi) is 3.70. The molecule has 0 bridgehead atoms. The van der Waals surface area contributed by atoms with Gasteiger partial charge in [-0.05, 0) is 40.0 Å². The van der Waals surface area contributed by atoms with Crippen molar-refractivity contribution >= 4 is 11.6 Å². The van der Waals surface area contributed by atoms with Crippen LogP contribution < -0.4 is 10.2 Å². The fraction of sp³-hybridized carbons (Fsp3) is 0.733. The van der Waals surface area contributed by atoms with Crippen molar-refractivity contribution in [3.05, 3.63) is 11.4 Å². The summed E-state index contributed by atoms with van der Waals surface area (Å²) in [4.78, 5) is 11.8. The summed E-state index contributed by atoms with van der Waals surface area (Å²) in [6.45, 7) is 8.82. The van der Waals surface area contributed by atoms with Crippen LogP contribution in [0.5, 0.6) is 0 Å². The van der Waals surface area contributed by atoms with Crippen LogP contribution >= 0.6 is 0 Å². The van der Waals surface area contributed by atoms with Gasteiger partial charge in [-0.1, -0.05) is 6.92 Å². The van der Waals surface area contributed by atoms with E-state index < -0.39 is 0 Å². The third-order valence-electron chi connectivity index (χ3n) is 4.41. The Balaban J connectivity index is 2.45. The second-order valence-electron chi connectivity index (χ2n) is 6.13. The molecule has 0 spiro atoms. The van der Waals surface area contributed by atoms with Crippen LogP contribution in [0.15, 0.2) is 0 Å². The fourth-order valence-electron chi connectivity index (χ4n) is 2.14. The molecule has 1 saturated carbocycles. The van der Waals surface area contributed by atoms with Gasteiger partial charge in [0.25, 0.3) is 0 Å². The monoisotopic (exact) mass is 262 g/mol. The molecule has 1 aromatic rings. The molecule has 0 radical (unpaired) electrons. The minimum Gasteiger partial charge on any atom is -0.373 e. The van der Waals surface area contributed by atoms with E-state index in [4.69, 9.17) is 4.98 Å². The third-order valence-corrected chi connectivity index (χ3v) is 4.41. The molecule has 19 heavy (non-hydrogen) atoms. The Hall–Kier alpha value is -1.32. The number of nitrogens with zero attached hydrogens (tertiary/aromatic N) is 3. The lowest BCUT2D eigenvalue weighted by molar-refractivity contribution is 0.466. The van der Waals surface area contributed by atoms with Crippen molar-refractivity contribution in [2.45, 2.75) is 58.4 Å². The molecular formula is C15H26N4. The predicted octanol–water partition coefficient (Wildman–Crippen LogP) is 3.33. The summed E-state index contributed by atoms with van der Waals surface area (Å²) in [5.74, 6) is 3.60. The van der Waals surface area contributed by atoms with Crippen molar-refractivity contribution in [3.8, 4) is 0 Å². The van der Waals surface area contributed by atoms with E-state index in [0.717, 1.165) is 29.4 Å². The number of hydrogen-bond donors (Lipinski definition) is 1. The van der Waals surface area contributed by atoms with Crippen LogP contribution in [0, 0.1) is 6.92 Å². The lowest BCUT2D eigenvalue weighted by Gasteiger charge is -2.37. The zero-order valence-corrected chi connectivity index (χ0v) is 13.0. The van der Waals surface area contributed by atoms with Gasteiger partial charge in [0.15, 0.2) is 0 Å². The first-order chi connectivity index (χ1) is 8.90. The Bertz CT molecular complexity index is 463. The van der Waals surface area contributed by atoms with E-state index in [1.54, 1.807) is 0 Å². The minimum absolute atomic E-state index is 0.102. The maximum Gasteiger partial charge on any atom is 0.137 e. The van der Waals surface area contributed by atoms with Crippen molar-refractivity contribution in [2.24, 2.45) is 0 Å². The standard InChI is InChI=1S/C15H26N4/c1-7-15(3,4)19(6)14-10(2)12(16-5)17-13(18-14)11-8-9-11/h11H,7-9H2,1-6H3,(H,16,17,18). The zero-order valence-electron chi connectivity index (χ0n) is 13.0. The van der Waals surface area contributed by atoms with Gasteiger partial charge in [0.2, 0.25) is 0 Å². The van der Waals surface area contributed by atoms with Gasteiger partial charge in [0, 0.05) is 31.1 Å². The molecule has 0 unspecified atom stereocenters. The van der Waals surface area contributed by atoms with Crippen LogP contribution in [0.3, 0.4) is 0 Å². The highest BCUT2D eigenvalue weighted by molar-refractivity contribution is 5.59. The highest BCUT2D eigenvalue weighted by Gasteiger charge is 2.30. The highest BCUT2D eigenvalue weighted by atomic mass is 15.2. The van der Waals surface area contributed by atoms with Gasteiger partial charge in [-0.2, -0.15) is 0 Å². The number of aromatic nitrogens is 2. The molecule has 0 saturated heterocycles. The van der Waals surface area contributed by atoms with E-state index in [2.05, 4.69) is 49.9 Å². The molecule has 1 aliphatic carbocycles. The molecule has 4 nitrogen and oxygen atoms in total. The van der Waals surface area contributed by atoms with Gasteiger partial charge >= 0.3 is 0 Å². The second kappa shape index (κ2) is 4.99. The molecule has 0 amide bonds. The van der Waals surface area contributed by atoms with E-state index >= 15 is 0 Å². The average molecular weight is 262 g/mol. The van der Waals surface area contributed by atoms with Crippen molar-refractivity contribution in [1.82, 2.24) is 9.97 Å². The number of hydrogen-bond acceptors (Lipinski definition) is 4. The number of rotatable bonds is 5. The smallest absolute Gasteiger partial charge is 0.137 e. The Labute approximate surface area is 116 Å². The highest BCUT2D eigenvalue weighted by Crippen LogP contribution is 2.40. The van der Waals surface area contributed by atoms with Gasteiger partial charge in [0.1, 0.15) is 17.5 Å². The molecule has 0 aromatic carbocycles. The van der Waals surface area contributed by atoms with Crippen LogP contribution in [0.4, 0.5) is 11.6 Å². The quantitative estimate of drug-likeness (QED) is 0.883. The van der Waals surface area contributed by atoms with E-state index in [0.29, 0.717) is 5.92 Å². The van der Waals surface area contributed by atoms with Crippen LogP contribution in [-0.4, -0.2) is 29.6 Å². The maximum atomic E-state index is 4.83. The molecule has 1 aliphatic rings. The molecule has 2 rings (SSSR count). The summed E-state index contributed by atoms with van der Waals surface area (Å²) in [5.41, 5.74) is 1.24. The largest absolute Gasteiger partial charge is 0.373 e. The van der Waals surface area contributed by atoms with E-state index in [9.17, 15) is 0 Å².